The fourth-order valence-electron chi connectivity index (χ4n) is 3.60. The minimum absolute atomic E-state index is 0.00637. The molecule has 0 fully saturated rings. The highest BCUT2D eigenvalue weighted by Gasteiger charge is 2.23. The van der Waals surface area contributed by atoms with Gasteiger partial charge in [0.25, 0.3) is 0 Å². The molecule has 0 spiro atoms. The van der Waals surface area contributed by atoms with Crippen LogP contribution < -0.4 is 49.1 Å². The Hall–Kier alpha value is -4.08. The Morgan fingerprint density at radius 1 is 0.882 bits per heavy atom. The molecule has 12 N–H and O–H groups in total. The Labute approximate surface area is 313 Å². The monoisotopic (exact) mass is 739 g/mol. The molecule has 51 heavy (non-hydrogen) atoms. The summed E-state index contributed by atoms with van der Waals surface area (Å²) in [7, 11) is 1.84. The van der Waals surface area contributed by atoms with E-state index < -0.39 is 23.9 Å². The molecule has 0 aromatic carbocycles. The van der Waals surface area contributed by atoms with E-state index in [0.717, 1.165) is 11.3 Å². The van der Waals surface area contributed by atoms with Gasteiger partial charge in [-0.15, -0.1) is 0 Å². The van der Waals surface area contributed by atoms with Crippen molar-refractivity contribution < 1.29 is 19.2 Å². The zero-order valence-electron chi connectivity index (χ0n) is 32.7. The zero-order chi connectivity index (χ0) is 40.2. The number of hydrogen-bond donors (Lipinski definition) is 9. The minimum atomic E-state index is -0.819. The predicted octanol–water partition coefficient (Wildman–Crippen LogP) is 2.42. The van der Waals surface area contributed by atoms with Crippen LogP contribution in [0.3, 0.4) is 0 Å². The smallest absolute Gasteiger partial charge is 0.242 e. The number of ketones is 1. The van der Waals surface area contributed by atoms with Crippen LogP contribution in [-0.2, 0) is 19.2 Å². The number of amides is 3. The number of allylic oxidation sites excluding steroid dienone is 5. The van der Waals surface area contributed by atoms with Gasteiger partial charge in [-0.2, -0.15) is 0 Å². The molecule has 294 valence electrons. The van der Waals surface area contributed by atoms with E-state index in [4.69, 9.17) is 17.2 Å². The number of guanidine groups is 1. The van der Waals surface area contributed by atoms with E-state index in [0.29, 0.717) is 45.2 Å². The molecule has 0 aliphatic carbocycles. The molecule has 0 radical (unpaired) electrons. The van der Waals surface area contributed by atoms with Gasteiger partial charge in [0, 0.05) is 37.4 Å². The molecule has 0 aromatic rings. The molecule has 0 bridgehead atoms. The first-order chi connectivity index (χ1) is 24.1. The molecular formula is C36H70N10O4S. The lowest BCUT2D eigenvalue weighted by Crippen LogP contribution is -2.52. The lowest BCUT2D eigenvalue weighted by Gasteiger charge is -2.21. The number of unbranched alkanes of at least 4 members (excludes halogenated alkanes) is 1. The van der Waals surface area contributed by atoms with Crippen LogP contribution in [0.2, 0.25) is 0 Å². The van der Waals surface area contributed by atoms with Crippen LogP contribution in [0.1, 0.15) is 87.5 Å². The Morgan fingerprint density at radius 3 is 1.90 bits per heavy atom. The molecule has 15 heteroatoms. The Balaban J connectivity index is -0.000000531. The van der Waals surface area contributed by atoms with Crippen molar-refractivity contribution in [1.29, 1.82) is 0 Å². The highest BCUT2D eigenvalue weighted by Crippen LogP contribution is 2.03. The van der Waals surface area contributed by atoms with Crippen molar-refractivity contribution in [2.45, 2.75) is 106 Å². The summed E-state index contributed by atoms with van der Waals surface area (Å²) in [5, 5.41) is 16.7. The summed E-state index contributed by atoms with van der Waals surface area (Å²) in [4.78, 5) is 53.3. The van der Waals surface area contributed by atoms with Gasteiger partial charge in [-0.1, -0.05) is 90.7 Å². The molecule has 0 rings (SSSR count). The maximum absolute atomic E-state index is 12.6. The summed E-state index contributed by atoms with van der Waals surface area (Å²) in [5.74, 6) is -1.58. The number of carbonyl (C=O) groups excluding carboxylic acids is 4. The second-order valence-electron chi connectivity index (χ2n) is 11.5. The third-order valence-electron chi connectivity index (χ3n) is 6.25. The van der Waals surface area contributed by atoms with Crippen molar-refractivity contribution in [1.82, 2.24) is 31.9 Å². The lowest BCUT2D eigenvalue weighted by molar-refractivity contribution is -0.131. The molecule has 2 atom stereocenters. The standard InChI is InChI=1S/C22H44N8O4.C7H10.C5H10N2S.C2H6/c1-14(2)18(31)12-27-21(34)17(8-5-6-10-23)30-19(32)13-28-20(33)16(29-15(3)4)9-7-11-26-22(24)25;1-4-6-7(3)5-2;1-5(3-6-2)7-4-8;1-2/h14-17,29H,5-13,23H2,1-4H3,(H,27,34)(H,28,33)(H,30,32)(H4,24,25,26);4-6H,1-2H2,3H3;3-4,6H,1-2H3,(H,7,8);1-2H3/b;7-6-;5-3-;. The highest BCUT2D eigenvalue weighted by molar-refractivity contribution is 7.78. The first kappa shape index (κ1) is 53.7. The normalized spacial score (nSPS) is 11.7. The summed E-state index contributed by atoms with van der Waals surface area (Å²) >= 11 is 4.54. The summed E-state index contributed by atoms with van der Waals surface area (Å²) in [6.07, 6.45) is 10.1. The van der Waals surface area contributed by atoms with E-state index in [2.05, 4.69) is 62.3 Å². The molecule has 0 aliphatic rings. The van der Waals surface area contributed by atoms with Crippen molar-refractivity contribution in [2.24, 2.45) is 28.1 Å². The molecule has 0 heterocycles. The average molecular weight is 739 g/mol. The third-order valence-corrected chi connectivity index (χ3v) is 6.37. The van der Waals surface area contributed by atoms with Crippen LogP contribution in [0.4, 0.5) is 0 Å². The van der Waals surface area contributed by atoms with Gasteiger partial charge in [0.15, 0.2) is 11.7 Å². The number of Topliss-reactive ketones (excluding diaryl/α,β-unsaturated/α-hetero) is 1. The van der Waals surface area contributed by atoms with Crippen molar-refractivity contribution in [3.05, 3.63) is 48.9 Å². The summed E-state index contributed by atoms with van der Waals surface area (Å²) in [6, 6.07) is -1.29. The molecule has 0 aliphatic heterocycles. The van der Waals surface area contributed by atoms with Crippen molar-refractivity contribution in [3.8, 4) is 0 Å². The van der Waals surface area contributed by atoms with E-state index in [1.807, 2.05) is 60.9 Å². The largest absolute Gasteiger partial charge is 0.393 e. The summed E-state index contributed by atoms with van der Waals surface area (Å²) in [5.41, 5.74) is 19.8. The van der Waals surface area contributed by atoms with Crippen LogP contribution in [0.5, 0.6) is 0 Å². The maximum Gasteiger partial charge on any atom is 0.242 e. The highest BCUT2D eigenvalue weighted by atomic mass is 32.1. The first-order valence-electron chi connectivity index (χ1n) is 17.4. The molecule has 0 saturated carbocycles. The molecule has 2 unspecified atom stereocenters. The number of carbonyl (C=O) groups is 4. The maximum atomic E-state index is 12.6. The number of rotatable bonds is 23. The van der Waals surface area contributed by atoms with Gasteiger partial charge in [0.2, 0.25) is 17.7 Å². The number of aliphatic imine (C=N–C) groups is 1. The van der Waals surface area contributed by atoms with Gasteiger partial charge in [-0.25, -0.2) is 0 Å². The van der Waals surface area contributed by atoms with Crippen LogP contribution in [-0.4, -0.2) is 86.3 Å². The first-order valence-corrected chi connectivity index (χ1v) is 17.9. The molecule has 14 nitrogen and oxygen atoms in total. The van der Waals surface area contributed by atoms with Crippen molar-refractivity contribution in [2.75, 3.05) is 33.2 Å². The molecule has 3 amide bonds. The van der Waals surface area contributed by atoms with Crippen molar-refractivity contribution in [3.63, 3.8) is 0 Å². The van der Waals surface area contributed by atoms with Gasteiger partial charge < -0.3 is 49.1 Å². The number of hydrogen-bond acceptors (Lipinski definition) is 9. The number of thiocarbonyl (C=S) groups is 1. The Kier molecular flexibility index (Phi) is 39.2. The zero-order valence-corrected chi connectivity index (χ0v) is 33.5. The Morgan fingerprint density at radius 2 is 1.45 bits per heavy atom. The van der Waals surface area contributed by atoms with Gasteiger partial charge in [-0.3, -0.25) is 24.2 Å². The van der Waals surface area contributed by atoms with Gasteiger partial charge in [0.1, 0.15) is 6.04 Å². The SMILES string of the molecule is C=C/C=C(/C)C=C.CC.CC(C)NC(CCCN=C(N)N)C(=O)NCC(=O)NC(CCCCN)C(=O)NCC(=O)C(C)C.CN/C=C(/C)NC=S. The lowest BCUT2D eigenvalue weighted by atomic mass is 10.1. The number of nitrogens with two attached hydrogens (primary N) is 3. The van der Waals surface area contributed by atoms with E-state index >= 15 is 0 Å². The van der Waals surface area contributed by atoms with Crippen LogP contribution in [0.25, 0.3) is 0 Å². The van der Waals surface area contributed by atoms with Gasteiger partial charge >= 0.3 is 0 Å². The van der Waals surface area contributed by atoms with E-state index in [9.17, 15) is 19.2 Å². The van der Waals surface area contributed by atoms with Gasteiger partial charge in [0.05, 0.1) is 24.6 Å². The summed E-state index contributed by atoms with van der Waals surface area (Å²) in [6.45, 7) is 22.8. The average Bonchev–Trinajstić information content (AvgIpc) is 3.08. The topological polar surface area (TPSA) is 231 Å². The van der Waals surface area contributed by atoms with Gasteiger partial charge in [-0.05, 0) is 52.5 Å². The van der Waals surface area contributed by atoms with E-state index in [1.54, 1.807) is 26.0 Å². The van der Waals surface area contributed by atoms with Crippen LogP contribution >= 0.6 is 12.2 Å². The van der Waals surface area contributed by atoms with Crippen LogP contribution in [0, 0.1) is 5.92 Å². The van der Waals surface area contributed by atoms with E-state index in [1.165, 1.54) is 5.49 Å². The summed E-state index contributed by atoms with van der Waals surface area (Å²) < 4.78 is 0. The quantitative estimate of drug-likeness (QED) is 0.0243. The van der Waals surface area contributed by atoms with E-state index in [-0.39, 0.29) is 42.7 Å². The predicted molar refractivity (Wildman–Crippen MR) is 218 cm³/mol. The fraction of sp³-hybridized carbons (Fsp3) is 0.611. The molecule has 0 saturated heterocycles. The molecular weight excluding hydrogens is 669 g/mol. The Bertz CT molecular complexity index is 1090. The van der Waals surface area contributed by atoms with Crippen molar-refractivity contribution >= 4 is 47.2 Å². The molecule has 0 aromatic heterocycles. The fourth-order valence-corrected chi connectivity index (χ4v) is 3.79. The minimum Gasteiger partial charge on any atom is -0.393 e. The third kappa shape index (κ3) is 37.0. The van der Waals surface area contributed by atoms with Crippen LogP contribution in [0.15, 0.2) is 53.8 Å². The number of nitrogens with zero attached hydrogens (tertiary/aromatic N) is 1. The second kappa shape index (κ2) is 37.2. The number of nitrogens with one attached hydrogen (secondary N) is 6. The second-order valence-corrected chi connectivity index (χ2v) is 11.7.